The maximum atomic E-state index is 2.37. The van der Waals surface area contributed by atoms with Gasteiger partial charge in [0.25, 0.3) is 0 Å². The van der Waals surface area contributed by atoms with Crippen molar-refractivity contribution in [2.24, 2.45) is 0 Å². The number of unbranched alkanes of at least 4 members (excludes halogenated alkanes) is 16. The van der Waals surface area contributed by atoms with Crippen LogP contribution in [-0.2, 0) is 0 Å². The van der Waals surface area contributed by atoms with Gasteiger partial charge in [-0.1, -0.05) is 140 Å². The summed E-state index contributed by atoms with van der Waals surface area (Å²) in [5, 5.41) is 0. The van der Waals surface area contributed by atoms with E-state index in [0.29, 0.717) is 0 Å². The van der Waals surface area contributed by atoms with Crippen LogP contribution in [0.5, 0.6) is 0 Å². The normalized spacial score (nSPS) is 16.2. The summed E-state index contributed by atoms with van der Waals surface area (Å²) in [5.41, 5.74) is 6.28. The summed E-state index contributed by atoms with van der Waals surface area (Å²) in [6.07, 6.45) is 32.9. The lowest BCUT2D eigenvalue weighted by atomic mass is 10.0. The Hall–Kier alpha value is -1.04. The van der Waals surface area contributed by atoms with E-state index in [4.69, 9.17) is 0 Å². The molecule has 0 aliphatic heterocycles. The molecule has 0 heterocycles. The molecule has 1 aromatic carbocycles. The van der Waals surface area contributed by atoms with Crippen LogP contribution in [0.25, 0.3) is 6.08 Å². The van der Waals surface area contributed by atoms with Gasteiger partial charge < -0.3 is 0 Å². The summed E-state index contributed by atoms with van der Waals surface area (Å²) in [5.74, 6) is 0.797. The van der Waals surface area contributed by atoms with Crippen LogP contribution in [0, 0.1) is 6.42 Å². The Morgan fingerprint density at radius 1 is 0.621 bits per heavy atom. The van der Waals surface area contributed by atoms with E-state index in [0.717, 1.165) is 5.92 Å². The lowest BCUT2D eigenvalue weighted by Crippen LogP contribution is -1.84. The van der Waals surface area contributed by atoms with Gasteiger partial charge in [0, 0.05) is 12.3 Å². The fourth-order valence-corrected chi connectivity index (χ4v) is 5.21. The highest BCUT2D eigenvalue weighted by Gasteiger charge is 2.35. The van der Waals surface area contributed by atoms with Gasteiger partial charge in [-0.25, -0.2) is 0 Å². The highest BCUT2D eigenvalue weighted by molar-refractivity contribution is 5.76. The smallest absolute Gasteiger partial charge is 0.0131 e. The number of allylic oxidation sites excluding steroid dienone is 1. The maximum Gasteiger partial charge on any atom is 0.0131 e. The maximum absolute atomic E-state index is 2.37. The van der Waals surface area contributed by atoms with Crippen molar-refractivity contribution in [3.8, 4) is 0 Å². The zero-order valence-corrected chi connectivity index (χ0v) is 19.2. The first kappa shape index (κ1) is 22.6. The molecule has 0 amide bonds. The van der Waals surface area contributed by atoms with Crippen LogP contribution in [0.4, 0.5) is 0 Å². The topological polar surface area (TPSA) is 0 Å². The van der Waals surface area contributed by atoms with E-state index in [1.165, 1.54) is 127 Å². The number of fused-ring (bicyclic) bond motifs is 3. The van der Waals surface area contributed by atoms with Crippen molar-refractivity contribution in [3.63, 3.8) is 0 Å². The molecule has 0 saturated carbocycles. The van der Waals surface area contributed by atoms with Crippen molar-refractivity contribution in [3.05, 3.63) is 46.9 Å². The molecule has 0 N–H and O–H groups in total. The first-order chi connectivity index (χ1) is 14.4. The summed E-state index contributed by atoms with van der Waals surface area (Å²) >= 11 is 0. The number of rotatable bonds is 18. The summed E-state index contributed by atoms with van der Waals surface area (Å²) in [7, 11) is 0. The van der Waals surface area contributed by atoms with E-state index in [2.05, 4.69) is 37.6 Å². The van der Waals surface area contributed by atoms with Gasteiger partial charge >= 0.3 is 0 Å². The van der Waals surface area contributed by atoms with Crippen molar-refractivity contribution in [2.45, 2.75) is 128 Å². The van der Waals surface area contributed by atoms with E-state index >= 15 is 0 Å². The van der Waals surface area contributed by atoms with Crippen LogP contribution < -0.4 is 0 Å². The average Bonchev–Trinajstić information content (AvgIpc) is 3.22. The Kier molecular flexibility index (Phi) is 10.4. The van der Waals surface area contributed by atoms with Crippen molar-refractivity contribution >= 4 is 6.08 Å². The second kappa shape index (κ2) is 13.3. The largest absolute Gasteiger partial charge is 0.0754 e. The van der Waals surface area contributed by atoms with Gasteiger partial charge in [0.1, 0.15) is 0 Å². The Bertz CT molecular complexity index is 609. The van der Waals surface area contributed by atoms with E-state index in [-0.39, 0.29) is 0 Å². The lowest BCUT2D eigenvalue weighted by Gasteiger charge is -2.04. The molecule has 1 radical (unpaired) electrons. The van der Waals surface area contributed by atoms with Gasteiger partial charge in [-0.15, -0.1) is 0 Å². The minimum Gasteiger partial charge on any atom is -0.0754 e. The van der Waals surface area contributed by atoms with E-state index in [1.54, 1.807) is 11.1 Å². The minimum absolute atomic E-state index is 0.797. The standard InChI is InChI=1S/C29H45/c1-2-3-4-5-6-7-8-9-10-11-12-13-14-15-16-17-18-21-27-28-24-23-25-20-19-22-26(25)29(27)28/h19-20,22-24,27H,2-18,21H2,1H3. The average molecular weight is 394 g/mol. The molecule has 0 fully saturated rings. The first-order valence-electron chi connectivity index (χ1n) is 13.1. The molecule has 3 rings (SSSR count). The predicted molar refractivity (Wildman–Crippen MR) is 130 cm³/mol. The number of hydrogen-bond donors (Lipinski definition) is 0. The van der Waals surface area contributed by atoms with Crippen molar-refractivity contribution in [1.82, 2.24) is 0 Å². The molecule has 0 spiro atoms. The molecule has 29 heavy (non-hydrogen) atoms. The second-order valence-corrected chi connectivity index (χ2v) is 9.60. The molecule has 0 bridgehead atoms. The Morgan fingerprint density at radius 2 is 1.14 bits per heavy atom. The van der Waals surface area contributed by atoms with Gasteiger partial charge in [0.15, 0.2) is 0 Å². The third-order valence-electron chi connectivity index (χ3n) is 7.13. The monoisotopic (exact) mass is 393 g/mol. The van der Waals surface area contributed by atoms with Gasteiger partial charge in [-0.3, -0.25) is 0 Å². The third kappa shape index (κ3) is 7.62. The SMILES string of the molecule is CCCCCCCCCCCCCCCCCCCC1c2ccc3c(c21)C=C[CH]3. The fourth-order valence-electron chi connectivity index (χ4n) is 5.21. The van der Waals surface area contributed by atoms with Gasteiger partial charge in [-0.2, -0.15) is 0 Å². The van der Waals surface area contributed by atoms with Gasteiger partial charge in [-0.05, 0) is 28.7 Å². The molecule has 0 saturated heterocycles. The Balaban J connectivity index is 1.05. The molecule has 2 aliphatic carbocycles. The molecule has 161 valence electrons. The summed E-state index contributed by atoms with van der Waals surface area (Å²) in [6.45, 7) is 2.30. The zero-order chi connectivity index (χ0) is 20.2. The van der Waals surface area contributed by atoms with Crippen LogP contribution in [0.3, 0.4) is 0 Å². The zero-order valence-electron chi connectivity index (χ0n) is 19.2. The summed E-state index contributed by atoms with van der Waals surface area (Å²) < 4.78 is 0. The molecule has 0 aromatic heterocycles. The van der Waals surface area contributed by atoms with Crippen molar-refractivity contribution in [1.29, 1.82) is 0 Å². The van der Waals surface area contributed by atoms with Crippen LogP contribution in [0.1, 0.15) is 151 Å². The molecule has 2 aliphatic rings. The van der Waals surface area contributed by atoms with Crippen molar-refractivity contribution < 1.29 is 0 Å². The molecule has 1 atom stereocenters. The van der Waals surface area contributed by atoms with E-state index < -0.39 is 0 Å². The summed E-state index contributed by atoms with van der Waals surface area (Å²) in [4.78, 5) is 0. The van der Waals surface area contributed by atoms with E-state index in [1.807, 2.05) is 0 Å². The Morgan fingerprint density at radius 3 is 1.69 bits per heavy atom. The van der Waals surface area contributed by atoms with E-state index in [9.17, 15) is 0 Å². The number of benzene rings is 1. The summed E-state index contributed by atoms with van der Waals surface area (Å²) in [6, 6.07) is 4.68. The van der Waals surface area contributed by atoms with Crippen LogP contribution in [0.2, 0.25) is 0 Å². The number of hydrogen-bond acceptors (Lipinski definition) is 0. The highest BCUT2D eigenvalue weighted by atomic mass is 14.4. The van der Waals surface area contributed by atoms with Crippen LogP contribution >= 0.6 is 0 Å². The quantitative estimate of drug-likeness (QED) is 0.218. The third-order valence-corrected chi connectivity index (χ3v) is 7.13. The van der Waals surface area contributed by atoms with Gasteiger partial charge in [0.2, 0.25) is 0 Å². The minimum atomic E-state index is 0.797. The van der Waals surface area contributed by atoms with Gasteiger partial charge in [0.05, 0.1) is 0 Å². The second-order valence-electron chi connectivity index (χ2n) is 9.60. The first-order valence-corrected chi connectivity index (χ1v) is 13.1. The fraction of sp³-hybridized carbons (Fsp3) is 0.690. The predicted octanol–water partition coefficient (Wildman–Crippen LogP) is 9.75. The van der Waals surface area contributed by atoms with Crippen LogP contribution in [0.15, 0.2) is 18.2 Å². The molecule has 1 unspecified atom stereocenters. The molecular weight excluding hydrogens is 348 g/mol. The van der Waals surface area contributed by atoms with Crippen LogP contribution in [-0.4, -0.2) is 0 Å². The molecule has 1 aromatic rings. The molecule has 0 heteroatoms. The molecular formula is C29H45. The highest BCUT2D eigenvalue weighted by Crippen LogP contribution is 2.51. The lowest BCUT2D eigenvalue weighted by molar-refractivity contribution is 0.524. The Labute approximate surface area is 181 Å². The molecule has 0 nitrogen and oxygen atoms in total. The van der Waals surface area contributed by atoms with Crippen molar-refractivity contribution in [2.75, 3.05) is 0 Å².